The van der Waals surface area contributed by atoms with Crippen molar-refractivity contribution >= 4 is 9.84 Å². The lowest BCUT2D eigenvalue weighted by atomic mass is 10.3. The molecular formula is C14H33N3O2S. The summed E-state index contributed by atoms with van der Waals surface area (Å²) in [5.41, 5.74) is 0. The molecule has 20 heavy (non-hydrogen) atoms. The van der Waals surface area contributed by atoms with Crippen LogP contribution >= 0.6 is 0 Å². The third-order valence-electron chi connectivity index (χ3n) is 3.54. The van der Waals surface area contributed by atoms with Crippen LogP contribution in [-0.4, -0.2) is 82.6 Å². The first-order valence-electron chi connectivity index (χ1n) is 7.76. The maximum atomic E-state index is 11.0. The number of nitrogens with zero attached hydrogens (tertiary/aromatic N) is 2. The summed E-state index contributed by atoms with van der Waals surface area (Å²) >= 11 is 0. The molecule has 0 heterocycles. The topological polar surface area (TPSA) is 52.6 Å². The lowest BCUT2D eigenvalue weighted by Gasteiger charge is -2.23. The highest BCUT2D eigenvalue weighted by molar-refractivity contribution is 7.90. The molecule has 0 fully saturated rings. The molecule has 0 saturated heterocycles. The standard InChI is InChI=1S/C14H33N3O2S/c1-5-16(6-2)11-8-12-17(7-3)13-9-15-10-14-20(4,18)19/h15H,5-14H2,1-4H3. The van der Waals surface area contributed by atoms with E-state index < -0.39 is 9.84 Å². The van der Waals surface area contributed by atoms with Crippen molar-refractivity contribution < 1.29 is 8.42 Å². The van der Waals surface area contributed by atoms with Crippen LogP contribution in [0.1, 0.15) is 27.2 Å². The lowest BCUT2D eigenvalue weighted by Crippen LogP contribution is -2.35. The van der Waals surface area contributed by atoms with Gasteiger partial charge >= 0.3 is 0 Å². The third-order valence-corrected chi connectivity index (χ3v) is 4.49. The first-order chi connectivity index (χ1) is 9.42. The maximum absolute atomic E-state index is 11.0. The monoisotopic (exact) mass is 307 g/mol. The summed E-state index contributed by atoms with van der Waals surface area (Å²) < 4.78 is 22.0. The second-order valence-corrected chi connectivity index (χ2v) is 7.45. The minimum atomic E-state index is -2.84. The van der Waals surface area contributed by atoms with E-state index in [-0.39, 0.29) is 5.75 Å². The third kappa shape index (κ3) is 11.6. The van der Waals surface area contributed by atoms with Gasteiger partial charge in [-0.3, -0.25) is 0 Å². The quantitative estimate of drug-likeness (QED) is 0.507. The zero-order chi connectivity index (χ0) is 15.4. The molecule has 1 N–H and O–H groups in total. The van der Waals surface area contributed by atoms with Crippen LogP contribution < -0.4 is 5.32 Å². The number of hydrogen-bond acceptors (Lipinski definition) is 5. The van der Waals surface area contributed by atoms with Crippen LogP contribution in [0.25, 0.3) is 0 Å². The van der Waals surface area contributed by atoms with E-state index in [0.717, 1.165) is 45.8 Å². The van der Waals surface area contributed by atoms with Crippen molar-refractivity contribution in [3.05, 3.63) is 0 Å². The van der Waals surface area contributed by atoms with Crippen LogP contribution in [-0.2, 0) is 9.84 Å². The summed E-state index contributed by atoms with van der Waals surface area (Å²) in [5, 5.41) is 3.20. The molecule has 122 valence electrons. The van der Waals surface area contributed by atoms with Gasteiger partial charge in [-0.05, 0) is 39.1 Å². The molecule has 0 aromatic heterocycles. The van der Waals surface area contributed by atoms with E-state index >= 15 is 0 Å². The Morgan fingerprint density at radius 1 is 0.850 bits per heavy atom. The molecule has 0 unspecified atom stereocenters. The fourth-order valence-corrected chi connectivity index (χ4v) is 2.62. The largest absolute Gasteiger partial charge is 0.314 e. The molecule has 5 nitrogen and oxygen atoms in total. The number of likely N-dealkylation sites (N-methyl/N-ethyl adjacent to an activating group) is 1. The van der Waals surface area contributed by atoms with Crippen LogP contribution in [0.5, 0.6) is 0 Å². The zero-order valence-corrected chi connectivity index (χ0v) is 14.5. The lowest BCUT2D eigenvalue weighted by molar-refractivity contribution is 0.244. The van der Waals surface area contributed by atoms with E-state index in [1.54, 1.807) is 0 Å². The smallest absolute Gasteiger partial charge is 0.148 e. The first-order valence-corrected chi connectivity index (χ1v) is 9.82. The van der Waals surface area contributed by atoms with E-state index in [2.05, 4.69) is 35.9 Å². The highest BCUT2D eigenvalue weighted by Gasteiger charge is 2.05. The summed E-state index contributed by atoms with van der Waals surface area (Å²) in [6, 6.07) is 0. The maximum Gasteiger partial charge on any atom is 0.148 e. The number of sulfone groups is 1. The molecule has 0 aromatic rings. The molecular weight excluding hydrogens is 274 g/mol. The predicted molar refractivity (Wildman–Crippen MR) is 87.1 cm³/mol. The summed E-state index contributed by atoms with van der Waals surface area (Å²) in [7, 11) is -2.84. The van der Waals surface area contributed by atoms with Crippen molar-refractivity contribution in [2.45, 2.75) is 27.2 Å². The minimum Gasteiger partial charge on any atom is -0.314 e. The Labute approximate surface area is 125 Å². The van der Waals surface area contributed by atoms with Crippen LogP contribution in [0.15, 0.2) is 0 Å². The minimum absolute atomic E-state index is 0.223. The Kier molecular flexibility index (Phi) is 11.4. The Morgan fingerprint density at radius 3 is 1.90 bits per heavy atom. The second-order valence-electron chi connectivity index (χ2n) is 5.19. The van der Waals surface area contributed by atoms with Gasteiger partial charge in [-0.1, -0.05) is 20.8 Å². The Balaban J connectivity index is 3.66. The van der Waals surface area contributed by atoms with Gasteiger partial charge in [-0.2, -0.15) is 0 Å². The summed E-state index contributed by atoms with van der Waals surface area (Å²) in [5.74, 6) is 0.223. The molecule has 6 heteroatoms. The highest BCUT2D eigenvalue weighted by Crippen LogP contribution is 1.95. The van der Waals surface area contributed by atoms with Gasteiger partial charge in [0.15, 0.2) is 0 Å². The van der Waals surface area contributed by atoms with Crippen molar-refractivity contribution in [3.63, 3.8) is 0 Å². The van der Waals surface area contributed by atoms with Crippen molar-refractivity contribution in [1.29, 1.82) is 0 Å². The van der Waals surface area contributed by atoms with Gasteiger partial charge in [0.2, 0.25) is 0 Å². The fraction of sp³-hybridized carbons (Fsp3) is 1.00. The van der Waals surface area contributed by atoms with Gasteiger partial charge in [0, 0.05) is 25.9 Å². The van der Waals surface area contributed by atoms with Crippen LogP contribution in [0, 0.1) is 0 Å². The normalized spacial score (nSPS) is 12.5. The molecule has 0 spiro atoms. The summed E-state index contributed by atoms with van der Waals surface area (Å²) in [6.45, 7) is 14.5. The number of rotatable bonds is 13. The molecule has 0 atom stereocenters. The van der Waals surface area contributed by atoms with Crippen molar-refractivity contribution in [3.8, 4) is 0 Å². The molecule has 0 radical (unpaired) electrons. The average Bonchev–Trinajstić information content (AvgIpc) is 2.39. The van der Waals surface area contributed by atoms with Gasteiger partial charge in [-0.15, -0.1) is 0 Å². The molecule has 0 amide bonds. The number of hydrogen-bond donors (Lipinski definition) is 1. The Morgan fingerprint density at radius 2 is 1.40 bits per heavy atom. The average molecular weight is 308 g/mol. The van der Waals surface area contributed by atoms with Gasteiger partial charge < -0.3 is 15.1 Å². The van der Waals surface area contributed by atoms with Gasteiger partial charge in [0.25, 0.3) is 0 Å². The van der Waals surface area contributed by atoms with Gasteiger partial charge in [0.1, 0.15) is 9.84 Å². The molecule has 0 saturated carbocycles. The summed E-state index contributed by atoms with van der Waals surface area (Å²) in [4.78, 5) is 4.86. The first kappa shape index (κ1) is 19.8. The fourth-order valence-electron chi connectivity index (χ4n) is 2.11. The molecule has 0 rings (SSSR count). The van der Waals surface area contributed by atoms with Crippen molar-refractivity contribution in [1.82, 2.24) is 15.1 Å². The SMILES string of the molecule is CCN(CC)CCCN(CC)CCNCCS(C)(=O)=O. The predicted octanol–water partition coefficient (Wildman–Crippen LogP) is 0.674. The Hall–Kier alpha value is -0.170. The van der Waals surface area contributed by atoms with E-state index in [9.17, 15) is 8.42 Å². The van der Waals surface area contributed by atoms with Crippen molar-refractivity contribution in [2.24, 2.45) is 0 Å². The number of nitrogens with one attached hydrogen (secondary N) is 1. The van der Waals surface area contributed by atoms with E-state index in [1.165, 1.54) is 12.7 Å². The van der Waals surface area contributed by atoms with Crippen LogP contribution in [0.3, 0.4) is 0 Å². The van der Waals surface area contributed by atoms with Crippen molar-refractivity contribution in [2.75, 3.05) is 64.4 Å². The van der Waals surface area contributed by atoms with E-state index in [1.807, 2.05) is 0 Å². The van der Waals surface area contributed by atoms with Crippen LogP contribution in [0.2, 0.25) is 0 Å². The molecule has 0 aromatic carbocycles. The molecule has 0 bridgehead atoms. The highest BCUT2D eigenvalue weighted by atomic mass is 32.2. The molecule has 0 aliphatic heterocycles. The Bertz CT molecular complexity index is 316. The van der Waals surface area contributed by atoms with Gasteiger partial charge in [-0.25, -0.2) is 8.42 Å². The second kappa shape index (κ2) is 11.5. The zero-order valence-electron chi connectivity index (χ0n) is 13.7. The molecule has 0 aliphatic carbocycles. The van der Waals surface area contributed by atoms with Gasteiger partial charge in [0.05, 0.1) is 5.75 Å². The van der Waals surface area contributed by atoms with E-state index in [0.29, 0.717) is 6.54 Å². The van der Waals surface area contributed by atoms with Crippen LogP contribution in [0.4, 0.5) is 0 Å². The molecule has 0 aliphatic rings. The summed E-state index contributed by atoms with van der Waals surface area (Å²) in [6.07, 6.45) is 2.47. The van der Waals surface area contributed by atoms with E-state index in [4.69, 9.17) is 0 Å².